The van der Waals surface area contributed by atoms with E-state index in [4.69, 9.17) is 4.74 Å². The van der Waals surface area contributed by atoms with Gasteiger partial charge in [0.15, 0.2) is 0 Å². The van der Waals surface area contributed by atoms with Crippen LogP contribution in [0.4, 0.5) is 0 Å². The maximum Gasteiger partial charge on any atom is 0.0865 e. The highest BCUT2D eigenvalue weighted by atomic mass is 16.5. The number of hydrogen-bond acceptors (Lipinski definition) is 2. The Kier molecular flexibility index (Phi) is 5.17. The summed E-state index contributed by atoms with van der Waals surface area (Å²) < 4.78 is 6.74. The van der Waals surface area contributed by atoms with Gasteiger partial charge in [-0.25, -0.2) is 0 Å². The zero-order valence-electron chi connectivity index (χ0n) is 22.5. The normalized spacial score (nSPS) is 55.2. The number of hydrogen-bond donors (Lipinski definition) is 1. The molecule has 2 heteroatoms. The van der Waals surface area contributed by atoms with E-state index in [9.17, 15) is 5.11 Å². The van der Waals surface area contributed by atoms with Gasteiger partial charge >= 0.3 is 0 Å². The molecule has 5 rings (SSSR count). The molecule has 184 valence electrons. The van der Waals surface area contributed by atoms with Crippen LogP contribution in [-0.4, -0.2) is 22.4 Å². The van der Waals surface area contributed by atoms with Gasteiger partial charge in [0.05, 0.1) is 17.3 Å². The number of aliphatic hydroxyl groups is 1. The van der Waals surface area contributed by atoms with E-state index in [1.807, 2.05) is 13.8 Å². The van der Waals surface area contributed by atoms with Crippen LogP contribution in [0.25, 0.3) is 0 Å². The first-order valence-corrected chi connectivity index (χ1v) is 14.1. The van der Waals surface area contributed by atoms with E-state index in [0.29, 0.717) is 27.6 Å². The zero-order chi connectivity index (χ0) is 23.4. The fourth-order valence-corrected chi connectivity index (χ4v) is 11.2. The van der Waals surface area contributed by atoms with E-state index in [2.05, 4.69) is 41.5 Å². The van der Waals surface area contributed by atoms with Gasteiger partial charge < -0.3 is 9.84 Å². The van der Waals surface area contributed by atoms with Crippen molar-refractivity contribution in [3.8, 4) is 0 Å². The third kappa shape index (κ3) is 3.03. The van der Waals surface area contributed by atoms with Gasteiger partial charge in [0.1, 0.15) is 0 Å². The minimum atomic E-state index is -0.732. The van der Waals surface area contributed by atoms with Gasteiger partial charge in [-0.15, -0.1) is 0 Å². The molecule has 0 amide bonds. The fourth-order valence-electron chi connectivity index (χ4n) is 11.2. The van der Waals surface area contributed by atoms with Crippen molar-refractivity contribution in [2.24, 2.45) is 45.3 Å². The lowest BCUT2D eigenvalue weighted by Crippen LogP contribution is -2.62. The van der Waals surface area contributed by atoms with E-state index < -0.39 is 5.60 Å². The minimum Gasteiger partial charge on any atom is -0.388 e. The molecule has 5 fully saturated rings. The van der Waals surface area contributed by atoms with Gasteiger partial charge in [0.2, 0.25) is 0 Å². The molecule has 0 aromatic heterocycles. The van der Waals surface area contributed by atoms with Crippen LogP contribution in [0.5, 0.6) is 0 Å². The van der Waals surface area contributed by atoms with Crippen molar-refractivity contribution < 1.29 is 9.84 Å². The minimum absolute atomic E-state index is 0.00916. The Morgan fingerprint density at radius 2 is 1.38 bits per heavy atom. The second-order valence-electron chi connectivity index (χ2n) is 15.3. The molecule has 1 saturated heterocycles. The van der Waals surface area contributed by atoms with E-state index in [1.54, 1.807) is 0 Å². The second kappa shape index (κ2) is 6.99. The highest BCUT2D eigenvalue weighted by Gasteiger charge is 2.69. The number of fused-ring (bicyclic) bond motifs is 5. The zero-order valence-corrected chi connectivity index (χ0v) is 22.5. The van der Waals surface area contributed by atoms with E-state index >= 15 is 0 Å². The molecule has 1 N–H and O–H groups in total. The molecule has 1 aliphatic heterocycles. The topological polar surface area (TPSA) is 29.5 Å². The smallest absolute Gasteiger partial charge is 0.0865 e. The van der Waals surface area contributed by atoms with Crippen molar-refractivity contribution >= 4 is 0 Å². The average Bonchev–Trinajstić information content (AvgIpc) is 3.23. The average molecular weight is 445 g/mol. The molecule has 0 unspecified atom stereocenters. The van der Waals surface area contributed by atoms with E-state index in [-0.39, 0.29) is 11.7 Å². The first-order chi connectivity index (χ1) is 14.7. The molecule has 9 atom stereocenters. The van der Waals surface area contributed by atoms with Gasteiger partial charge in [-0.1, -0.05) is 41.0 Å². The SMILES string of the molecule is CC(C)(O)[C@H]1CC[C@@](C)([C@H]2CC[C@]3(C)[C@@H]2CC[C@@H]2[C@@]4(C)CCCC(C)(C)[C@@H]4CC[C@]23C)O1. The Labute approximate surface area is 198 Å². The molecule has 5 aliphatic rings. The van der Waals surface area contributed by atoms with Crippen molar-refractivity contribution in [3.63, 3.8) is 0 Å². The Morgan fingerprint density at radius 1 is 0.688 bits per heavy atom. The Morgan fingerprint density at radius 3 is 2.03 bits per heavy atom. The van der Waals surface area contributed by atoms with Crippen molar-refractivity contribution in [1.29, 1.82) is 0 Å². The number of ether oxygens (including phenoxy) is 1. The molecule has 4 saturated carbocycles. The van der Waals surface area contributed by atoms with Gasteiger partial charge in [0, 0.05) is 0 Å². The monoisotopic (exact) mass is 444 g/mol. The van der Waals surface area contributed by atoms with Crippen LogP contribution < -0.4 is 0 Å². The highest BCUT2D eigenvalue weighted by molar-refractivity contribution is 5.18. The van der Waals surface area contributed by atoms with Gasteiger partial charge in [0.25, 0.3) is 0 Å². The van der Waals surface area contributed by atoms with Crippen LogP contribution in [0.15, 0.2) is 0 Å². The van der Waals surface area contributed by atoms with E-state index in [0.717, 1.165) is 30.6 Å². The molecule has 1 heterocycles. The predicted octanol–water partition coefficient (Wildman–Crippen LogP) is 7.77. The molecule has 2 nitrogen and oxygen atoms in total. The van der Waals surface area contributed by atoms with Crippen molar-refractivity contribution in [1.82, 2.24) is 0 Å². The highest BCUT2D eigenvalue weighted by Crippen LogP contribution is 2.76. The Balaban J connectivity index is 1.44. The second-order valence-corrected chi connectivity index (χ2v) is 15.3. The summed E-state index contributed by atoms with van der Waals surface area (Å²) in [5, 5.41) is 10.6. The Bertz CT molecular complexity index is 750. The van der Waals surface area contributed by atoms with Crippen LogP contribution >= 0.6 is 0 Å². The molecular weight excluding hydrogens is 392 g/mol. The summed E-state index contributed by atoms with van der Waals surface area (Å²) in [5.41, 5.74) is 1.17. The van der Waals surface area contributed by atoms with Crippen LogP contribution in [0.1, 0.15) is 126 Å². The van der Waals surface area contributed by atoms with E-state index in [1.165, 1.54) is 57.8 Å². The van der Waals surface area contributed by atoms with Gasteiger partial charge in [-0.2, -0.15) is 0 Å². The first kappa shape index (κ1) is 23.7. The van der Waals surface area contributed by atoms with Crippen molar-refractivity contribution in [2.75, 3.05) is 0 Å². The van der Waals surface area contributed by atoms with Crippen molar-refractivity contribution in [3.05, 3.63) is 0 Å². The van der Waals surface area contributed by atoms with Crippen LogP contribution in [-0.2, 0) is 4.74 Å². The lowest BCUT2D eigenvalue weighted by atomic mass is 9.35. The maximum atomic E-state index is 10.6. The lowest BCUT2D eigenvalue weighted by Gasteiger charge is -2.69. The Hall–Kier alpha value is -0.0800. The first-order valence-electron chi connectivity index (χ1n) is 14.1. The summed E-state index contributed by atoms with van der Waals surface area (Å²) in [6.45, 7) is 19.6. The summed E-state index contributed by atoms with van der Waals surface area (Å²) in [6, 6.07) is 0. The predicted molar refractivity (Wildman–Crippen MR) is 132 cm³/mol. The molecular formula is C30H52O2. The molecule has 32 heavy (non-hydrogen) atoms. The fraction of sp³-hybridized carbons (Fsp3) is 1.00. The quantitative estimate of drug-likeness (QED) is 0.471. The van der Waals surface area contributed by atoms with Crippen LogP contribution in [0.3, 0.4) is 0 Å². The van der Waals surface area contributed by atoms with Gasteiger partial charge in [-0.3, -0.25) is 0 Å². The third-order valence-electron chi connectivity index (χ3n) is 13.0. The maximum absolute atomic E-state index is 10.6. The van der Waals surface area contributed by atoms with Gasteiger partial charge in [-0.05, 0) is 130 Å². The molecule has 0 spiro atoms. The summed E-state index contributed by atoms with van der Waals surface area (Å²) in [6.07, 6.45) is 14.8. The third-order valence-corrected chi connectivity index (χ3v) is 13.0. The van der Waals surface area contributed by atoms with Crippen LogP contribution in [0.2, 0.25) is 0 Å². The molecule has 0 bridgehead atoms. The largest absolute Gasteiger partial charge is 0.388 e. The molecule has 0 aromatic rings. The number of rotatable bonds is 2. The molecule has 0 radical (unpaired) electrons. The molecule has 0 aromatic carbocycles. The summed E-state index contributed by atoms with van der Waals surface area (Å²) in [7, 11) is 0. The summed E-state index contributed by atoms with van der Waals surface area (Å²) in [5.74, 6) is 3.23. The lowest BCUT2D eigenvalue weighted by molar-refractivity contribution is -0.211. The molecule has 4 aliphatic carbocycles. The summed E-state index contributed by atoms with van der Waals surface area (Å²) in [4.78, 5) is 0. The summed E-state index contributed by atoms with van der Waals surface area (Å²) >= 11 is 0. The van der Waals surface area contributed by atoms with Crippen molar-refractivity contribution in [2.45, 2.75) is 143 Å². The standard InChI is InChI=1S/C30H52O2/c1-25(2)15-9-16-27(5)22(25)13-18-29(7)23(27)11-10-20-21(12-17-28(20,29)6)30(8)19-14-24(32-30)26(3,4)31/h20-24,31H,9-19H2,1-8H3/t20-,21+,22+,23-,24-,27+,28-,29-,30+/m1/s1. The van der Waals surface area contributed by atoms with Crippen LogP contribution in [0, 0.1) is 45.3 Å².